The molecule has 6 nitrogen and oxygen atoms in total. The number of carbonyl (C=O) groups is 2. The first kappa shape index (κ1) is 15.0. The molecule has 0 aliphatic carbocycles. The average molecular weight is 273 g/mol. The molecule has 0 radical (unpaired) electrons. The maximum Gasteiger partial charge on any atom is 0.335 e. The average Bonchev–Trinajstić information content (AvgIpc) is 2.48. The van der Waals surface area contributed by atoms with Crippen molar-refractivity contribution in [3.05, 3.63) is 75.8 Å². The normalized spacial score (nSPS) is 9.00. The van der Waals surface area contributed by atoms with E-state index < -0.39 is 10.9 Å². The van der Waals surface area contributed by atoms with Gasteiger partial charge in [-0.15, -0.1) is 0 Å². The molecule has 2 rings (SSSR count). The van der Waals surface area contributed by atoms with Gasteiger partial charge in [-0.25, -0.2) is 4.79 Å². The molecule has 0 spiro atoms. The smallest absolute Gasteiger partial charge is 0.335 e. The summed E-state index contributed by atoms with van der Waals surface area (Å²) in [7, 11) is 0. The van der Waals surface area contributed by atoms with Gasteiger partial charge in [-0.1, -0.05) is 30.3 Å². The SMILES string of the molecule is O=C(O)c1ccccc1.O=Cc1ccccc1[N+](=O)[O-]. The van der Waals surface area contributed by atoms with Gasteiger partial charge in [-0.05, 0) is 18.2 Å². The Bertz CT molecular complexity index is 610. The summed E-state index contributed by atoms with van der Waals surface area (Å²) < 4.78 is 0. The number of aromatic carboxylic acids is 1. The van der Waals surface area contributed by atoms with Crippen LogP contribution in [0.2, 0.25) is 0 Å². The molecular formula is C14H11NO5. The lowest BCUT2D eigenvalue weighted by Crippen LogP contribution is -1.93. The van der Waals surface area contributed by atoms with Crippen molar-refractivity contribution in [3.63, 3.8) is 0 Å². The number of carbonyl (C=O) groups excluding carboxylic acids is 1. The molecule has 0 amide bonds. The molecular weight excluding hydrogens is 262 g/mol. The molecule has 0 aliphatic heterocycles. The Morgan fingerprint density at radius 3 is 2.00 bits per heavy atom. The van der Waals surface area contributed by atoms with E-state index in [0.29, 0.717) is 11.8 Å². The summed E-state index contributed by atoms with van der Waals surface area (Å²) in [6, 6.07) is 14.1. The second kappa shape index (κ2) is 7.42. The van der Waals surface area contributed by atoms with Crippen LogP contribution in [-0.4, -0.2) is 22.3 Å². The lowest BCUT2D eigenvalue weighted by Gasteiger charge is -1.91. The summed E-state index contributed by atoms with van der Waals surface area (Å²) >= 11 is 0. The summed E-state index contributed by atoms with van der Waals surface area (Å²) in [4.78, 5) is 30.1. The topological polar surface area (TPSA) is 97.5 Å². The molecule has 20 heavy (non-hydrogen) atoms. The predicted octanol–water partition coefficient (Wildman–Crippen LogP) is 2.79. The van der Waals surface area contributed by atoms with Gasteiger partial charge in [-0.2, -0.15) is 0 Å². The van der Waals surface area contributed by atoms with Gasteiger partial charge in [-0.3, -0.25) is 14.9 Å². The molecule has 1 N–H and O–H groups in total. The Kier molecular flexibility index (Phi) is 5.58. The Morgan fingerprint density at radius 1 is 1.05 bits per heavy atom. The number of aldehydes is 1. The first-order chi connectivity index (χ1) is 9.56. The van der Waals surface area contributed by atoms with Gasteiger partial charge in [0.2, 0.25) is 0 Å². The highest BCUT2D eigenvalue weighted by Gasteiger charge is 2.09. The quantitative estimate of drug-likeness (QED) is 0.526. The first-order valence-corrected chi connectivity index (χ1v) is 5.53. The monoisotopic (exact) mass is 273 g/mol. The predicted molar refractivity (Wildman–Crippen MR) is 71.9 cm³/mol. The lowest BCUT2D eigenvalue weighted by atomic mass is 10.2. The van der Waals surface area contributed by atoms with Crippen LogP contribution in [0.15, 0.2) is 54.6 Å². The largest absolute Gasteiger partial charge is 0.478 e. The number of benzene rings is 2. The van der Waals surface area contributed by atoms with Crippen molar-refractivity contribution in [1.29, 1.82) is 0 Å². The fraction of sp³-hybridized carbons (Fsp3) is 0. The van der Waals surface area contributed by atoms with Crippen molar-refractivity contribution in [3.8, 4) is 0 Å². The third-order valence-corrected chi connectivity index (χ3v) is 2.28. The molecule has 2 aromatic carbocycles. The standard InChI is InChI=1S/C7H5NO3.C7H6O2/c9-5-6-3-1-2-4-7(6)8(10)11;8-7(9)6-4-2-1-3-5-6/h1-5H;1-5H,(H,8,9). The molecule has 6 heteroatoms. The molecule has 0 saturated heterocycles. The number of carboxylic acid groups (broad SMARTS) is 1. The molecule has 0 bridgehead atoms. The number of para-hydroxylation sites is 1. The number of nitro benzene ring substituents is 1. The van der Waals surface area contributed by atoms with E-state index in [4.69, 9.17) is 5.11 Å². The van der Waals surface area contributed by atoms with Gasteiger partial charge in [0.05, 0.1) is 16.1 Å². The number of rotatable bonds is 3. The Hall–Kier alpha value is -3.02. The molecule has 0 aromatic heterocycles. The van der Waals surface area contributed by atoms with Crippen molar-refractivity contribution >= 4 is 17.9 Å². The van der Waals surface area contributed by atoms with Crippen molar-refractivity contribution in [2.45, 2.75) is 0 Å². The minimum absolute atomic E-state index is 0.109. The Morgan fingerprint density at radius 2 is 1.60 bits per heavy atom. The van der Waals surface area contributed by atoms with Crippen LogP contribution in [0, 0.1) is 10.1 Å². The van der Waals surface area contributed by atoms with Crippen molar-refractivity contribution in [1.82, 2.24) is 0 Å². The Balaban J connectivity index is 0.000000204. The van der Waals surface area contributed by atoms with Crippen molar-refractivity contribution in [2.24, 2.45) is 0 Å². The zero-order chi connectivity index (χ0) is 15.0. The van der Waals surface area contributed by atoms with Gasteiger partial charge in [0.1, 0.15) is 0 Å². The second-order valence-electron chi connectivity index (χ2n) is 3.60. The van der Waals surface area contributed by atoms with Crippen LogP contribution < -0.4 is 0 Å². The van der Waals surface area contributed by atoms with Gasteiger partial charge in [0, 0.05) is 6.07 Å². The highest BCUT2D eigenvalue weighted by molar-refractivity contribution is 5.87. The molecule has 0 atom stereocenters. The van der Waals surface area contributed by atoms with Gasteiger partial charge in [0.25, 0.3) is 5.69 Å². The number of hydrogen-bond donors (Lipinski definition) is 1. The van der Waals surface area contributed by atoms with Gasteiger partial charge in [0.15, 0.2) is 6.29 Å². The van der Waals surface area contributed by atoms with Gasteiger partial charge >= 0.3 is 5.97 Å². The van der Waals surface area contributed by atoms with Crippen molar-refractivity contribution in [2.75, 3.05) is 0 Å². The van der Waals surface area contributed by atoms with Crippen LogP contribution >= 0.6 is 0 Å². The zero-order valence-corrected chi connectivity index (χ0v) is 10.3. The van der Waals surface area contributed by atoms with Crippen LogP contribution in [0.5, 0.6) is 0 Å². The van der Waals surface area contributed by atoms with Crippen LogP contribution in [0.1, 0.15) is 20.7 Å². The van der Waals surface area contributed by atoms with E-state index in [1.165, 1.54) is 18.2 Å². The molecule has 2 aromatic rings. The van der Waals surface area contributed by atoms with E-state index in [0.717, 1.165) is 0 Å². The van der Waals surface area contributed by atoms with E-state index in [9.17, 15) is 19.7 Å². The van der Waals surface area contributed by atoms with Crippen molar-refractivity contribution < 1.29 is 19.6 Å². The summed E-state index contributed by atoms with van der Waals surface area (Å²) in [5.74, 6) is -0.879. The van der Waals surface area contributed by atoms with Crippen LogP contribution in [0.4, 0.5) is 5.69 Å². The molecule has 0 saturated carbocycles. The van der Waals surface area contributed by atoms with Gasteiger partial charge < -0.3 is 5.11 Å². The molecule has 0 unspecified atom stereocenters. The maximum absolute atomic E-state index is 10.2. The van der Waals surface area contributed by atoms with Crippen LogP contribution in [-0.2, 0) is 0 Å². The first-order valence-electron chi connectivity index (χ1n) is 5.53. The molecule has 0 fully saturated rings. The van der Waals surface area contributed by atoms with E-state index in [2.05, 4.69) is 0 Å². The number of carboxylic acids is 1. The Labute approximate surface area is 114 Å². The minimum atomic E-state index is -0.879. The van der Waals surface area contributed by atoms with E-state index in [-0.39, 0.29) is 11.3 Å². The fourth-order valence-corrected chi connectivity index (χ4v) is 1.33. The highest BCUT2D eigenvalue weighted by atomic mass is 16.6. The third kappa shape index (κ3) is 4.34. The molecule has 0 aliphatic rings. The van der Waals surface area contributed by atoms with E-state index in [1.54, 1.807) is 36.4 Å². The summed E-state index contributed by atoms with van der Waals surface area (Å²) in [5, 5.41) is 18.6. The molecule has 0 heterocycles. The number of nitro groups is 1. The number of hydrogen-bond acceptors (Lipinski definition) is 4. The highest BCUT2D eigenvalue weighted by Crippen LogP contribution is 2.14. The van der Waals surface area contributed by atoms with E-state index >= 15 is 0 Å². The lowest BCUT2D eigenvalue weighted by molar-refractivity contribution is -0.385. The van der Waals surface area contributed by atoms with Crippen LogP contribution in [0.3, 0.4) is 0 Å². The maximum atomic E-state index is 10.2. The molecule has 102 valence electrons. The van der Waals surface area contributed by atoms with Crippen LogP contribution in [0.25, 0.3) is 0 Å². The summed E-state index contributed by atoms with van der Waals surface area (Å²) in [6.07, 6.45) is 0.470. The minimum Gasteiger partial charge on any atom is -0.478 e. The number of nitrogens with zero attached hydrogens (tertiary/aromatic N) is 1. The fourth-order valence-electron chi connectivity index (χ4n) is 1.33. The van der Waals surface area contributed by atoms with E-state index in [1.807, 2.05) is 0 Å². The summed E-state index contributed by atoms with van der Waals surface area (Å²) in [6.45, 7) is 0. The second-order valence-corrected chi connectivity index (χ2v) is 3.60. The zero-order valence-electron chi connectivity index (χ0n) is 10.3. The summed E-state index contributed by atoms with van der Waals surface area (Å²) in [5.41, 5.74) is 0.289. The third-order valence-electron chi connectivity index (χ3n) is 2.28.